The van der Waals surface area contributed by atoms with Crippen molar-refractivity contribution in [1.82, 2.24) is 5.32 Å². The van der Waals surface area contributed by atoms with Crippen LogP contribution in [0.2, 0.25) is 0 Å². The van der Waals surface area contributed by atoms with Crippen LogP contribution >= 0.6 is 12.2 Å². The van der Waals surface area contributed by atoms with Gasteiger partial charge in [-0.2, -0.15) is 0 Å². The van der Waals surface area contributed by atoms with Gasteiger partial charge in [0.1, 0.15) is 11.5 Å². The van der Waals surface area contributed by atoms with E-state index in [-0.39, 0.29) is 23.1 Å². The van der Waals surface area contributed by atoms with Gasteiger partial charge in [-0.05, 0) is 49.3 Å². The fourth-order valence-corrected chi connectivity index (χ4v) is 2.45. The van der Waals surface area contributed by atoms with Crippen molar-refractivity contribution in [3.63, 3.8) is 0 Å². The van der Waals surface area contributed by atoms with E-state index in [1.807, 2.05) is 32.0 Å². The summed E-state index contributed by atoms with van der Waals surface area (Å²) in [6, 6.07) is 9.71. The Kier molecular flexibility index (Phi) is 6.67. The molecule has 0 unspecified atom stereocenters. The van der Waals surface area contributed by atoms with Crippen molar-refractivity contribution >= 4 is 34.6 Å². The van der Waals surface area contributed by atoms with Crippen molar-refractivity contribution in [2.24, 2.45) is 0 Å². The van der Waals surface area contributed by atoms with Gasteiger partial charge in [-0.15, -0.1) is 0 Å². The monoisotopic (exact) mass is 389 g/mol. The molecule has 0 atom stereocenters. The van der Waals surface area contributed by atoms with Crippen LogP contribution < -0.4 is 20.1 Å². The van der Waals surface area contributed by atoms with Crippen LogP contribution in [0.1, 0.15) is 11.1 Å². The third kappa shape index (κ3) is 5.65. The summed E-state index contributed by atoms with van der Waals surface area (Å²) in [6.07, 6.45) is 0. The number of hydrogen-bond donors (Lipinski definition) is 2. The van der Waals surface area contributed by atoms with E-state index in [0.717, 1.165) is 11.1 Å². The van der Waals surface area contributed by atoms with Crippen LogP contribution in [0.25, 0.3) is 0 Å². The largest absolute Gasteiger partial charge is 0.495 e. The molecule has 0 aliphatic carbocycles. The highest BCUT2D eigenvalue weighted by Gasteiger charge is 2.14. The zero-order valence-corrected chi connectivity index (χ0v) is 15.9. The van der Waals surface area contributed by atoms with Crippen molar-refractivity contribution in [2.45, 2.75) is 13.8 Å². The first-order valence-corrected chi connectivity index (χ1v) is 8.34. The predicted molar refractivity (Wildman–Crippen MR) is 105 cm³/mol. The number of nitrogens with one attached hydrogen (secondary N) is 2. The first-order valence-electron chi connectivity index (χ1n) is 7.93. The Labute approximate surface area is 161 Å². The summed E-state index contributed by atoms with van der Waals surface area (Å²) in [5, 5.41) is 16.1. The minimum Gasteiger partial charge on any atom is -0.495 e. The molecule has 8 nitrogen and oxygen atoms in total. The summed E-state index contributed by atoms with van der Waals surface area (Å²) >= 11 is 5.08. The number of nitro groups is 1. The van der Waals surface area contributed by atoms with Gasteiger partial charge in [-0.25, -0.2) is 0 Å². The summed E-state index contributed by atoms with van der Waals surface area (Å²) in [5.41, 5.74) is 2.07. The van der Waals surface area contributed by atoms with Crippen LogP contribution in [0.5, 0.6) is 11.5 Å². The van der Waals surface area contributed by atoms with Gasteiger partial charge in [-0.3, -0.25) is 20.2 Å². The number of ether oxygens (including phenoxy) is 2. The maximum absolute atomic E-state index is 12.0. The van der Waals surface area contributed by atoms with Crippen molar-refractivity contribution in [2.75, 3.05) is 19.0 Å². The topological polar surface area (TPSA) is 103 Å². The van der Waals surface area contributed by atoms with E-state index in [4.69, 9.17) is 21.7 Å². The highest BCUT2D eigenvalue weighted by Crippen LogP contribution is 2.28. The van der Waals surface area contributed by atoms with Gasteiger partial charge in [0.05, 0.1) is 17.7 Å². The second-order valence-corrected chi connectivity index (χ2v) is 6.11. The second-order valence-electron chi connectivity index (χ2n) is 5.70. The molecule has 2 N–H and O–H groups in total. The molecule has 2 aromatic rings. The summed E-state index contributed by atoms with van der Waals surface area (Å²) in [4.78, 5) is 22.4. The molecular formula is C18H19N3O5S. The van der Waals surface area contributed by atoms with Crippen LogP contribution in [0.3, 0.4) is 0 Å². The third-order valence-corrected chi connectivity index (χ3v) is 3.80. The lowest BCUT2D eigenvalue weighted by molar-refractivity contribution is -0.384. The zero-order chi connectivity index (χ0) is 20.0. The molecule has 2 aromatic carbocycles. The number of non-ortho nitro benzene ring substituents is 1. The minimum absolute atomic E-state index is 0.0247. The van der Waals surface area contributed by atoms with Crippen LogP contribution in [-0.4, -0.2) is 29.7 Å². The zero-order valence-electron chi connectivity index (χ0n) is 15.1. The lowest BCUT2D eigenvalue weighted by Crippen LogP contribution is -2.37. The SMILES string of the molecule is COc1ccc([N+](=O)[O-])cc1NC(=S)NC(=O)COc1cc(C)ccc1C. The Bertz CT molecular complexity index is 885. The number of anilines is 1. The number of aryl methyl sites for hydroxylation is 2. The molecule has 0 spiro atoms. The van der Waals surface area contributed by atoms with Crippen molar-refractivity contribution < 1.29 is 19.2 Å². The first kappa shape index (κ1) is 20.1. The number of nitro benzene ring substituents is 1. The fourth-order valence-electron chi connectivity index (χ4n) is 2.23. The van der Waals surface area contributed by atoms with Gasteiger partial charge in [-0.1, -0.05) is 12.1 Å². The van der Waals surface area contributed by atoms with E-state index < -0.39 is 10.8 Å². The van der Waals surface area contributed by atoms with Crippen LogP contribution in [0, 0.1) is 24.0 Å². The average Bonchev–Trinajstić information content (AvgIpc) is 2.62. The summed E-state index contributed by atoms with van der Waals surface area (Å²) in [5.74, 6) is 0.506. The number of methoxy groups -OCH3 is 1. The Morgan fingerprint density at radius 1 is 1.19 bits per heavy atom. The third-order valence-electron chi connectivity index (χ3n) is 3.60. The van der Waals surface area contributed by atoms with E-state index in [1.165, 1.54) is 25.3 Å². The Morgan fingerprint density at radius 2 is 1.93 bits per heavy atom. The number of amides is 1. The highest BCUT2D eigenvalue weighted by molar-refractivity contribution is 7.80. The van der Waals surface area contributed by atoms with Crippen LogP contribution in [-0.2, 0) is 4.79 Å². The number of benzene rings is 2. The number of hydrogen-bond acceptors (Lipinski definition) is 6. The number of carbonyl (C=O) groups excluding carboxylic acids is 1. The Morgan fingerprint density at radius 3 is 2.59 bits per heavy atom. The molecule has 0 aromatic heterocycles. The van der Waals surface area contributed by atoms with E-state index in [9.17, 15) is 14.9 Å². The molecule has 0 aliphatic rings. The second kappa shape index (κ2) is 8.95. The molecule has 1 amide bonds. The molecule has 0 aliphatic heterocycles. The number of rotatable bonds is 6. The Balaban J connectivity index is 1.97. The van der Waals surface area contributed by atoms with Gasteiger partial charge < -0.3 is 14.8 Å². The molecule has 0 saturated heterocycles. The number of thiocarbonyl (C=S) groups is 1. The molecular weight excluding hydrogens is 370 g/mol. The highest BCUT2D eigenvalue weighted by atomic mass is 32.1. The normalized spacial score (nSPS) is 10.0. The fraction of sp³-hybridized carbons (Fsp3) is 0.222. The van der Waals surface area contributed by atoms with Crippen molar-refractivity contribution in [3.05, 3.63) is 57.6 Å². The van der Waals surface area contributed by atoms with Gasteiger partial charge in [0.2, 0.25) is 0 Å². The molecule has 0 radical (unpaired) electrons. The average molecular weight is 389 g/mol. The van der Waals surface area contributed by atoms with Crippen LogP contribution in [0.15, 0.2) is 36.4 Å². The molecule has 9 heteroatoms. The predicted octanol–water partition coefficient (Wildman–Crippen LogP) is 3.11. The summed E-state index contributed by atoms with van der Waals surface area (Å²) < 4.78 is 10.6. The van der Waals surface area contributed by atoms with Crippen molar-refractivity contribution in [3.8, 4) is 11.5 Å². The quantitative estimate of drug-likeness (QED) is 0.444. The summed E-state index contributed by atoms with van der Waals surface area (Å²) in [6.45, 7) is 3.59. The molecule has 0 saturated carbocycles. The molecule has 142 valence electrons. The van der Waals surface area contributed by atoms with Gasteiger partial charge >= 0.3 is 0 Å². The minimum atomic E-state index is -0.537. The maximum Gasteiger partial charge on any atom is 0.271 e. The molecule has 27 heavy (non-hydrogen) atoms. The van der Waals surface area contributed by atoms with Crippen LogP contribution in [0.4, 0.5) is 11.4 Å². The molecule has 0 heterocycles. The first-order chi connectivity index (χ1) is 12.8. The van der Waals surface area contributed by atoms with E-state index in [0.29, 0.717) is 11.5 Å². The van der Waals surface area contributed by atoms with Crippen molar-refractivity contribution in [1.29, 1.82) is 0 Å². The number of nitrogens with zero attached hydrogens (tertiary/aromatic N) is 1. The summed E-state index contributed by atoms with van der Waals surface area (Å²) in [7, 11) is 1.42. The van der Waals surface area contributed by atoms with Gasteiger partial charge in [0.25, 0.3) is 11.6 Å². The maximum atomic E-state index is 12.0. The lowest BCUT2D eigenvalue weighted by Gasteiger charge is -2.13. The molecule has 2 rings (SSSR count). The molecule has 0 bridgehead atoms. The number of carbonyl (C=O) groups is 1. The Hall–Kier alpha value is -3.20. The standard InChI is InChI=1S/C18H19N3O5S/c1-11-4-5-12(2)16(8-11)26-10-17(22)20-18(27)19-14-9-13(21(23)24)6-7-15(14)25-3/h4-9H,10H2,1-3H3,(H2,19,20,22,27). The van der Waals surface area contributed by atoms with Gasteiger partial charge in [0, 0.05) is 12.1 Å². The lowest BCUT2D eigenvalue weighted by atomic mass is 10.1. The smallest absolute Gasteiger partial charge is 0.271 e. The van der Waals surface area contributed by atoms with E-state index in [1.54, 1.807) is 0 Å². The van der Waals surface area contributed by atoms with E-state index >= 15 is 0 Å². The van der Waals surface area contributed by atoms with Gasteiger partial charge in [0.15, 0.2) is 11.7 Å². The molecule has 0 fully saturated rings. The van der Waals surface area contributed by atoms with E-state index in [2.05, 4.69) is 10.6 Å².